The van der Waals surface area contributed by atoms with Crippen molar-refractivity contribution in [1.29, 1.82) is 0 Å². The van der Waals surface area contributed by atoms with Gasteiger partial charge in [-0.05, 0) is 30.2 Å². The molecule has 0 N–H and O–H groups in total. The number of likely N-dealkylation sites (tertiary alicyclic amines) is 1. The van der Waals surface area contributed by atoms with Crippen molar-refractivity contribution in [1.82, 2.24) is 19.9 Å². The number of benzene rings is 2. The minimum atomic E-state index is -4.51. The Labute approximate surface area is 208 Å². The molecule has 7 nitrogen and oxygen atoms in total. The van der Waals surface area contributed by atoms with Gasteiger partial charge in [-0.15, -0.1) is 0 Å². The molecule has 3 heterocycles. The number of ether oxygens (including phenoxy) is 1. The van der Waals surface area contributed by atoms with E-state index in [-0.39, 0.29) is 36.4 Å². The van der Waals surface area contributed by atoms with Crippen LogP contribution in [0.15, 0.2) is 47.0 Å². The van der Waals surface area contributed by atoms with Crippen LogP contribution in [-0.4, -0.2) is 65.4 Å². The predicted octanol–water partition coefficient (Wildman–Crippen LogP) is 5.06. The molecule has 2 aliphatic heterocycles. The number of rotatable bonds is 3. The highest BCUT2D eigenvalue weighted by Gasteiger charge is 2.38. The number of halogens is 5. The third-order valence-corrected chi connectivity index (χ3v) is 6.65. The fourth-order valence-corrected chi connectivity index (χ4v) is 4.78. The molecule has 2 fully saturated rings. The molecule has 0 radical (unpaired) electrons. The smallest absolute Gasteiger partial charge is 0.378 e. The first-order chi connectivity index (χ1) is 17.7. The summed E-state index contributed by atoms with van der Waals surface area (Å²) in [5.41, 5.74) is -0.392. The normalized spacial score (nSPS) is 20.8. The Morgan fingerprint density at radius 2 is 1.73 bits per heavy atom. The highest BCUT2D eigenvalue weighted by Crippen LogP contribution is 2.38. The lowest BCUT2D eigenvalue weighted by atomic mass is 9.84. The van der Waals surface area contributed by atoms with Crippen molar-refractivity contribution in [3.63, 3.8) is 0 Å². The molecular weight excluding hydrogens is 499 g/mol. The lowest BCUT2D eigenvalue weighted by Crippen LogP contribution is -2.52. The Balaban J connectivity index is 1.45. The van der Waals surface area contributed by atoms with E-state index >= 15 is 0 Å². The van der Waals surface area contributed by atoms with Crippen LogP contribution in [0.1, 0.15) is 35.3 Å². The third kappa shape index (κ3) is 5.43. The van der Waals surface area contributed by atoms with E-state index in [1.807, 2.05) is 0 Å². The van der Waals surface area contributed by atoms with Gasteiger partial charge in [0.25, 0.3) is 0 Å². The SMILES string of the molecule is O=C(N1CCOCC1)N1CC(c2cccc(C(F)(F)F)c2)CC(c2nc(-c3ccc(F)cc3F)no2)C1. The Hall–Kier alpha value is -3.54. The first-order valence-corrected chi connectivity index (χ1v) is 11.8. The van der Waals surface area contributed by atoms with E-state index in [9.17, 15) is 26.7 Å². The Morgan fingerprint density at radius 3 is 2.46 bits per heavy atom. The summed E-state index contributed by atoms with van der Waals surface area (Å²) in [6, 6.07) is 7.76. The van der Waals surface area contributed by atoms with Crippen molar-refractivity contribution in [2.24, 2.45) is 0 Å². The number of hydrogen-bond donors (Lipinski definition) is 0. The summed E-state index contributed by atoms with van der Waals surface area (Å²) in [5.74, 6) is -2.53. The number of carbonyl (C=O) groups excluding carboxylic acids is 1. The number of alkyl halides is 3. The van der Waals surface area contributed by atoms with Crippen molar-refractivity contribution in [3.05, 3.63) is 71.1 Å². The molecule has 0 saturated carbocycles. The van der Waals surface area contributed by atoms with Gasteiger partial charge in [0.05, 0.1) is 30.3 Å². The van der Waals surface area contributed by atoms with Gasteiger partial charge in [-0.1, -0.05) is 23.4 Å². The number of aromatic nitrogens is 2. The van der Waals surface area contributed by atoms with Gasteiger partial charge in [0, 0.05) is 38.2 Å². The van der Waals surface area contributed by atoms with Crippen LogP contribution in [0, 0.1) is 11.6 Å². The van der Waals surface area contributed by atoms with E-state index < -0.39 is 35.2 Å². The predicted molar refractivity (Wildman–Crippen MR) is 121 cm³/mol. The van der Waals surface area contributed by atoms with E-state index in [1.165, 1.54) is 12.1 Å². The zero-order chi connectivity index (χ0) is 26.2. The van der Waals surface area contributed by atoms with E-state index in [2.05, 4.69) is 10.1 Å². The molecule has 2 saturated heterocycles. The van der Waals surface area contributed by atoms with E-state index in [0.717, 1.165) is 18.2 Å². The van der Waals surface area contributed by atoms with Gasteiger partial charge in [-0.3, -0.25) is 0 Å². The van der Waals surface area contributed by atoms with Crippen molar-refractivity contribution in [3.8, 4) is 11.4 Å². The Bertz CT molecular complexity index is 1280. The Kier molecular flexibility index (Phi) is 6.84. The summed E-state index contributed by atoms with van der Waals surface area (Å²) in [6.07, 6.45) is -4.17. The standard InChI is InChI=1S/C25H23F5N4O3/c26-19-4-5-20(21(27)12-19)22-31-23(37-32-22)17-10-16(15-2-1-3-18(11-15)25(28,29)30)13-34(14-17)24(35)33-6-8-36-9-7-33/h1-5,11-12,16-17H,6-10,13-14H2. The second kappa shape index (κ2) is 10.1. The van der Waals surface area contributed by atoms with Crippen molar-refractivity contribution in [2.45, 2.75) is 24.4 Å². The third-order valence-electron chi connectivity index (χ3n) is 6.65. The molecule has 2 amide bonds. The number of morpholine rings is 1. The van der Waals surface area contributed by atoms with Crippen LogP contribution in [0.3, 0.4) is 0 Å². The minimum Gasteiger partial charge on any atom is -0.378 e. The molecule has 2 aromatic carbocycles. The first kappa shape index (κ1) is 25.1. The molecule has 1 aromatic heterocycles. The van der Waals surface area contributed by atoms with Crippen LogP contribution in [0.2, 0.25) is 0 Å². The van der Waals surface area contributed by atoms with E-state index in [4.69, 9.17) is 9.26 Å². The number of amides is 2. The molecule has 0 spiro atoms. The minimum absolute atomic E-state index is 0.0529. The molecule has 196 valence electrons. The lowest BCUT2D eigenvalue weighted by Gasteiger charge is -2.40. The maximum atomic E-state index is 14.3. The maximum absolute atomic E-state index is 14.3. The second-order valence-electron chi connectivity index (χ2n) is 9.12. The van der Waals surface area contributed by atoms with Gasteiger partial charge in [0.1, 0.15) is 11.6 Å². The summed E-state index contributed by atoms with van der Waals surface area (Å²) in [7, 11) is 0. The first-order valence-electron chi connectivity index (χ1n) is 11.8. The van der Waals surface area contributed by atoms with E-state index in [1.54, 1.807) is 15.9 Å². The summed E-state index contributed by atoms with van der Waals surface area (Å²) in [4.78, 5) is 20.8. The van der Waals surface area contributed by atoms with Gasteiger partial charge < -0.3 is 19.1 Å². The number of piperidine rings is 1. The van der Waals surface area contributed by atoms with Crippen LogP contribution in [0.25, 0.3) is 11.4 Å². The molecular formula is C25H23F5N4O3. The summed E-state index contributed by atoms with van der Waals surface area (Å²) in [6.45, 7) is 2.01. The van der Waals surface area contributed by atoms with Crippen LogP contribution >= 0.6 is 0 Å². The van der Waals surface area contributed by atoms with Crippen LogP contribution in [-0.2, 0) is 10.9 Å². The van der Waals surface area contributed by atoms with Gasteiger partial charge in [-0.25, -0.2) is 13.6 Å². The number of urea groups is 1. The van der Waals surface area contributed by atoms with E-state index in [0.29, 0.717) is 44.4 Å². The fraction of sp³-hybridized carbons (Fsp3) is 0.400. The topological polar surface area (TPSA) is 71.7 Å². The zero-order valence-electron chi connectivity index (χ0n) is 19.5. The number of carbonyl (C=O) groups is 1. The van der Waals surface area contributed by atoms with Crippen LogP contribution in [0.4, 0.5) is 26.7 Å². The fourth-order valence-electron chi connectivity index (χ4n) is 4.78. The Morgan fingerprint density at radius 1 is 0.973 bits per heavy atom. The maximum Gasteiger partial charge on any atom is 0.416 e. The summed E-state index contributed by atoms with van der Waals surface area (Å²) < 4.78 is 78.4. The lowest BCUT2D eigenvalue weighted by molar-refractivity contribution is -0.137. The monoisotopic (exact) mass is 522 g/mol. The number of nitrogens with zero attached hydrogens (tertiary/aromatic N) is 4. The molecule has 5 rings (SSSR count). The van der Waals surface area contributed by atoms with Gasteiger partial charge in [-0.2, -0.15) is 18.2 Å². The quantitative estimate of drug-likeness (QED) is 0.450. The molecule has 0 bridgehead atoms. The van der Waals surface area contributed by atoms with Crippen LogP contribution < -0.4 is 0 Å². The average molecular weight is 522 g/mol. The molecule has 2 atom stereocenters. The van der Waals surface area contributed by atoms with Crippen molar-refractivity contribution in [2.75, 3.05) is 39.4 Å². The zero-order valence-corrected chi connectivity index (χ0v) is 19.5. The van der Waals surface area contributed by atoms with Gasteiger partial charge in [0.2, 0.25) is 11.7 Å². The second-order valence-corrected chi connectivity index (χ2v) is 9.12. The molecule has 2 aliphatic rings. The molecule has 2 unspecified atom stereocenters. The highest BCUT2D eigenvalue weighted by molar-refractivity contribution is 5.75. The number of hydrogen-bond acceptors (Lipinski definition) is 5. The van der Waals surface area contributed by atoms with Crippen LogP contribution in [0.5, 0.6) is 0 Å². The van der Waals surface area contributed by atoms with Gasteiger partial charge in [0.15, 0.2) is 0 Å². The summed E-state index contributed by atoms with van der Waals surface area (Å²) in [5, 5.41) is 3.83. The molecule has 0 aliphatic carbocycles. The highest BCUT2D eigenvalue weighted by atomic mass is 19.4. The molecule has 37 heavy (non-hydrogen) atoms. The largest absolute Gasteiger partial charge is 0.416 e. The molecule has 3 aromatic rings. The van der Waals surface area contributed by atoms with Crippen molar-refractivity contribution < 1.29 is 36.0 Å². The van der Waals surface area contributed by atoms with Crippen molar-refractivity contribution >= 4 is 6.03 Å². The van der Waals surface area contributed by atoms with Gasteiger partial charge >= 0.3 is 12.2 Å². The molecule has 12 heteroatoms. The average Bonchev–Trinajstić information content (AvgIpc) is 3.38. The summed E-state index contributed by atoms with van der Waals surface area (Å²) >= 11 is 0.